The molecule has 1 aromatic rings. The Hall–Kier alpha value is -1.84. The molecule has 0 aromatic heterocycles. The van der Waals surface area contributed by atoms with Gasteiger partial charge in [-0.3, -0.25) is 0 Å². The molecule has 0 radical (unpaired) electrons. The zero-order valence-electron chi connectivity index (χ0n) is 9.25. The molecule has 0 spiro atoms. The first-order valence-electron chi connectivity index (χ1n) is 4.91. The highest BCUT2D eigenvalue weighted by atomic mass is 19.1. The van der Waals surface area contributed by atoms with Gasteiger partial charge in [-0.1, -0.05) is 18.2 Å². The predicted molar refractivity (Wildman–Crippen MR) is 61.0 cm³/mol. The molecule has 86 valence electrons. The van der Waals surface area contributed by atoms with Gasteiger partial charge in [0.05, 0.1) is 5.69 Å². The average Bonchev–Trinajstić information content (AvgIpc) is 2.22. The zero-order chi connectivity index (χ0) is 12.1. The summed E-state index contributed by atoms with van der Waals surface area (Å²) >= 11 is 0. The van der Waals surface area contributed by atoms with E-state index < -0.39 is 5.97 Å². The van der Waals surface area contributed by atoms with Gasteiger partial charge in [0.25, 0.3) is 0 Å². The Bertz CT molecular complexity index is 407. The van der Waals surface area contributed by atoms with Crippen LogP contribution in [0.4, 0.5) is 10.1 Å². The lowest BCUT2D eigenvalue weighted by Crippen LogP contribution is -2.05. The second kappa shape index (κ2) is 5.30. The summed E-state index contributed by atoms with van der Waals surface area (Å²) in [6.07, 6.45) is 1.51. The maximum atomic E-state index is 13.3. The topological polar surface area (TPSA) is 49.3 Å². The van der Waals surface area contributed by atoms with Crippen LogP contribution in [0, 0.1) is 12.7 Å². The fraction of sp³-hybridized carbons (Fsp3) is 0.250. The van der Waals surface area contributed by atoms with Crippen LogP contribution in [0.5, 0.6) is 0 Å². The Morgan fingerprint density at radius 1 is 1.56 bits per heavy atom. The van der Waals surface area contributed by atoms with Gasteiger partial charge >= 0.3 is 5.97 Å². The second-order valence-electron chi connectivity index (χ2n) is 3.50. The third-order valence-corrected chi connectivity index (χ3v) is 2.25. The predicted octanol–water partition coefficient (Wildman–Crippen LogP) is 2.58. The number of carboxylic acid groups (broad SMARTS) is 1. The first-order valence-corrected chi connectivity index (χ1v) is 4.91. The Labute approximate surface area is 93.6 Å². The highest BCUT2D eigenvalue weighted by molar-refractivity contribution is 5.85. The molecule has 0 aliphatic heterocycles. The summed E-state index contributed by atoms with van der Waals surface area (Å²) in [6, 6.07) is 4.79. The second-order valence-corrected chi connectivity index (χ2v) is 3.50. The number of benzene rings is 1. The molecule has 1 rings (SSSR count). The van der Waals surface area contributed by atoms with E-state index in [0.29, 0.717) is 12.2 Å². The van der Waals surface area contributed by atoms with Gasteiger partial charge in [-0.2, -0.15) is 0 Å². The number of aliphatic carboxylic acids is 1. The number of carbonyl (C=O) groups is 1. The van der Waals surface area contributed by atoms with E-state index >= 15 is 0 Å². The number of anilines is 1. The Balaban J connectivity index is 2.69. The van der Waals surface area contributed by atoms with E-state index in [4.69, 9.17) is 5.11 Å². The summed E-state index contributed by atoms with van der Waals surface area (Å²) in [4.78, 5) is 10.5. The molecule has 0 saturated heterocycles. The molecule has 0 heterocycles. The van der Waals surface area contributed by atoms with Crippen LogP contribution in [-0.2, 0) is 4.79 Å². The van der Waals surface area contributed by atoms with Crippen LogP contribution in [0.3, 0.4) is 0 Å². The number of hydrogen-bond acceptors (Lipinski definition) is 2. The van der Waals surface area contributed by atoms with Crippen molar-refractivity contribution in [2.75, 3.05) is 11.9 Å². The van der Waals surface area contributed by atoms with Gasteiger partial charge in [-0.15, -0.1) is 0 Å². The van der Waals surface area contributed by atoms with Crippen LogP contribution >= 0.6 is 0 Å². The lowest BCUT2D eigenvalue weighted by atomic mass is 10.2. The fourth-order valence-electron chi connectivity index (χ4n) is 1.25. The van der Waals surface area contributed by atoms with Gasteiger partial charge in [0.1, 0.15) is 5.82 Å². The molecule has 1 aromatic carbocycles. The molecule has 3 nitrogen and oxygen atoms in total. The number of para-hydroxylation sites is 1. The molecule has 2 N–H and O–H groups in total. The van der Waals surface area contributed by atoms with E-state index in [0.717, 1.165) is 5.56 Å². The van der Waals surface area contributed by atoms with E-state index in [2.05, 4.69) is 5.32 Å². The van der Waals surface area contributed by atoms with Crippen molar-refractivity contribution in [3.8, 4) is 0 Å². The third-order valence-electron chi connectivity index (χ3n) is 2.25. The Morgan fingerprint density at radius 3 is 2.81 bits per heavy atom. The third kappa shape index (κ3) is 3.08. The number of halogens is 1. The van der Waals surface area contributed by atoms with Gasteiger partial charge in [0.15, 0.2) is 0 Å². The molecule has 0 aliphatic rings. The van der Waals surface area contributed by atoms with Crippen molar-refractivity contribution < 1.29 is 14.3 Å². The first-order chi connectivity index (χ1) is 7.52. The minimum Gasteiger partial charge on any atom is -0.478 e. The molecule has 16 heavy (non-hydrogen) atoms. The molecule has 0 unspecified atom stereocenters. The molecule has 0 aliphatic carbocycles. The lowest BCUT2D eigenvalue weighted by molar-refractivity contribution is -0.132. The van der Waals surface area contributed by atoms with Crippen molar-refractivity contribution >= 4 is 11.7 Å². The van der Waals surface area contributed by atoms with Crippen LogP contribution in [0.15, 0.2) is 29.8 Å². The van der Waals surface area contributed by atoms with E-state index in [1.807, 2.05) is 0 Å². The minimum atomic E-state index is -0.966. The number of nitrogens with one attached hydrogen (secondary N) is 1. The van der Waals surface area contributed by atoms with Crippen LogP contribution in [-0.4, -0.2) is 17.6 Å². The summed E-state index contributed by atoms with van der Waals surface area (Å²) in [6.45, 7) is 3.58. The summed E-state index contributed by atoms with van der Waals surface area (Å²) in [5, 5.41) is 11.5. The number of rotatable bonds is 4. The van der Waals surface area contributed by atoms with Crippen molar-refractivity contribution in [1.82, 2.24) is 0 Å². The van der Waals surface area contributed by atoms with Crippen LogP contribution < -0.4 is 5.32 Å². The maximum absolute atomic E-state index is 13.3. The maximum Gasteiger partial charge on any atom is 0.331 e. The van der Waals surface area contributed by atoms with E-state index in [1.54, 1.807) is 19.1 Å². The fourth-order valence-corrected chi connectivity index (χ4v) is 1.25. The molecule has 4 heteroatoms. The highest BCUT2D eigenvalue weighted by Gasteiger charge is 2.03. The van der Waals surface area contributed by atoms with E-state index in [-0.39, 0.29) is 11.4 Å². The summed E-state index contributed by atoms with van der Waals surface area (Å²) in [7, 11) is 0. The molecule has 0 saturated carbocycles. The van der Waals surface area contributed by atoms with Crippen molar-refractivity contribution in [2.24, 2.45) is 0 Å². The largest absolute Gasteiger partial charge is 0.478 e. The summed E-state index contributed by atoms with van der Waals surface area (Å²) in [5.41, 5.74) is 1.44. The summed E-state index contributed by atoms with van der Waals surface area (Å²) in [5.74, 6) is -1.30. The van der Waals surface area contributed by atoms with Gasteiger partial charge in [0.2, 0.25) is 0 Å². The van der Waals surface area contributed by atoms with E-state index in [9.17, 15) is 9.18 Å². The summed E-state index contributed by atoms with van der Waals surface area (Å²) < 4.78 is 13.3. The van der Waals surface area contributed by atoms with Gasteiger partial charge in [-0.25, -0.2) is 9.18 Å². The molecular weight excluding hydrogens is 209 g/mol. The van der Waals surface area contributed by atoms with Crippen LogP contribution in [0.1, 0.15) is 12.5 Å². The van der Waals surface area contributed by atoms with E-state index in [1.165, 1.54) is 19.1 Å². The average molecular weight is 223 g/mol. The number of carboxylic acids is 1. The molecular formula is C12H14FNO2. The van der Waals surface area contributed by atoms with Gasteiger partial charge in [0, 0.05) is 12.1 Å². The Kier molecular flexibility index (Phi) is 4.05. The molecule has 0 fully saturated rings. The first kappa shape index (κ1) is 12.2. The van der Waals surface area contributed by atoms with Crippen molar-refractivity contribution in [2.45, 2.75) is 13.8 Å². The molecule has 0 amide bonds. The monoisotopic (exact) mass is 223 g/mol. The molecule has 0 bridgehead atoms. The normalized spacial score (nSPS) is 11.3. The zero-order valence-corrected chi connectivity index (χ0v) is 9.25. The number of aryl methyl sites for hydroxylation is 1. The van der Waals surface area contributed by atoms with Gasteiger partial charge < -0.3 is 10.4 Å². The van der Waals surface area contributed by atoms with Gasteiger partial charge in [-0.05, 0) is 25.5 Å². The van der Waals surface area contributed by atoms with Crippen molar-refractivity contribution in [1.29, 1.82) is 0 Å². The van der Waals surface area contributed by atoms with Crippen LogP contribution in [0.2, 0.25) is 0 Å². The molecule has 0 atom stereocenters. The minimum absolute atomic E-state index is 0.237. The SMILES string of the molecule is C/C(=C/CNc1c(C)cccc1F)C(=O)O. The van der Waals surface area contributed by atoms with Crippen molar-refractivity contribution in [3.05, 3.63) is 41.2 Å². The quantitative estimate of drug-likeness (QED) is 0.771. The smallest absolute Gasteiger partial charge is 0.331 e. The number of hydrogen-bond donors (Lipinski definition) is 2. The van der Waals surface area contributed by atoms with Crippen molar-refractivity contribution in [3.63, 3.8) is 0 Å². The Morgan fingerprint density at radius 2 is 2.25 bits per heavy atom. The standard InChI is InChI=1S/C12H14FNO2/c1-8-4-3-5-10(13)11(8)14-7-6-9(2)12(15)16/h3-6,14H,7H2,1-2H3,(H,15,16)/b9-6-. The van der Waals surface area contributed by atoms with Crippen LogP contribution in [0.25, 0.3) is 0 Å². The highest BCUT2D eigenvalue weighted by Crippen LogP contribution is 2.18. The lowest BCUT2D eigenvalue weighted by Gasteiger charge is -2.08.